The number of fused-ring (bicyclic) bond motifs is 1. The molecule has 2 heteroatoms. The van der Waals surface area contributed by atoms with Crippen molar-refractivity contribution >= 4 is 5.69 Å². The topological polar surface area (TPSA) is 0 Å². The molecule has 1 aromatic carbocycles. The van der Waals surface area contributed by atoms with E-state index in [-0.39, 0.29) is 0 Å². The molecule has 2 nitrogen and oxygen atoms in total. The highest BCUT2D eigenvalue weighted by molar-refractivity contribution is 5.54. The highest BCUT2D eigenvalue weighted by Gasteiger charge is 2.83. The van der Waals surface area contributed by atoms with Crippen molar-refractivity contribution in [2.75, 3.05) is 7.05 Å². The summed E-state index contributed by atoms with van der Waals surface area (Å²) in [5.74, 6) is 0. The van der Waals surface area contributed by atoms with E-state index in [0.29, 0.717) is 6.17 Å². The summed E-state index contributed by atoms with van der Waals surface area (Å²) in [5, 5.41) is 0. The lowest BCUT2D eigenvalue weighted by molar-refractivity contribution is -0.810. The molecule has 0 aromatic heterocycles. The van der Waals surface area contributed by atoms with Crippen LogP contribution >= 0.6 is 0 Å². The van der Waals surface area contributed by atoms with Crippen molar-refractivity contribution in [1.82, 2.24) is 4.59 Å². The molecule has 0 N–H and O–H groups in total. The Kier molecular flexibility index (Phi) is 1.23. The fourth-order valence-corrected chi connectivity index (χ4v) is 2.86. The third-order valence-electron chi connectivity index (χ3n) is 4.08. The van der Waals surface area contributed by atoms with Gasteiger partial charge in [0.15, 0.2) is 5.69 Å². The minimum absolute atomic E-state index is 0.663. The molecule has 2 aliphatic heterocycles. The fraction of sp³-hybridized carbons (Fsp3) is 0.333. The Morgan fingerprint density at radius 2 is 1.86 bits per heavy atom. The van der Waals surface area contributed by atoms with Crippen LogP contribution in [0.4, 0.5) is 5.69 Å². The van der Waals surface area contributed by atoms with E-state index in [1.54, 1.807) is 0 Å². The predicted octanol–water partition coefficient (Wildman–Crippen LogP) is 2.51. The molecule has 0 amide bonds. The van der Waals surface area contributed by atoms with Gasteiger partial charge in [0, 0.05) is 11.6 Å². The van der Waals surface area contributed by atoms with E-state index >= 15 is 0 Å². The van der Waals surface area contributed by atoms with E-state index in [4.69, 9.17) is 0 Å². The van der Waals surface area contributed by atoms with Crippen LogP contribution in [0.3, 0.4) is 0 Å². The predicted molar refractivity (Wildman–Crippen MR) is 57.8 cm³/mol. The molecule has 14 heavy (non-hydrogen) atoms. The number of para-hydroxylation sites is 1. The first-order valence-corrected chi connectivity index (χ1v) is 5.14. The van der Waals surface area contributed by atoms with Crippen LogP contribution in [0.5, 0.6) is 0 Å². The molecule has 1 aromatic rings. The first kappa shape index (κ1) is 8.21. The largest absolute Gasteiger partial charge is 0.314 e. The molecule has 1 unspecified atom stereocenters. The minimum Gasteiger partial charge on any atom is -0.0754 e. The molecule has 3 atom stereocenters. The van der Waals surface area contributed by atoms with E-state index in [0.717, 1.165) is 9.18 Å². The van der Waals surface area contributed by atoms with E-state index in [2.05, 4.69) is 57.6 Å². The molecule has 0 saturated carbocycles. The summed E-state index contributed by atoms with van der Waals surface area (Å²) in [6, 6.07) is 8.69. The van der Waals surface area contributed by atoms with Crippen molar-refractivity contribution in [1.29, 1.82) is 0 Å². The van der Waals surface area contributed by atoms with Crippen LogP contribution in [0.2, 0.25) is 0 Å². The molecule has 0 aliphatic carbocycles. The molecule has 1 fully saturated rings. The molecule has 0 radical (unpaired) electrons. The second-order valence-electron chi connectivity index (χ2n) is 4.55. The summed E-state index contributed by atoms with van der Waals surface area (Å²) in [5.41, 5.74) is 2.84. The van der Waals surface area contributed by atoms with Crippen LogP contribution in [0, 0.1) is 6.92 Å². The van der Waals surface area contributed by atoms with Gasteiger partial charge in [-0.1, -0.05) is 22.8 Å². The Bertz CT molecular complexity index is 438. The summed E-state index contributed by atoms with van der Waals surface area (Å²) in [6.07, 6.45) is 5.26. The number of hydrogen-bond donors (Lipinski definition) is 0. The second kappa shape index (κ2) is 2.10. The third-order valence-corrected chi connectivity index (χ3v) is 4.08. The van der Waals surface area contributed by atoms with Crippen molar-refractivity contribution in [3.63, 3.8) is 0 Å². The first-order chi connectivity index (χ1) is 6.63. The van der Waals surface area contributed by atoms with E-state index < -0.39 is 0 Å². The van der Waals surface area contributed by atoms with Crippen LogP contribution in [-0.2, 0) is 0 Å². The summed E-state index contributed by atoms with van der Waals surface area (Å²) in [6.45, 7) is 4.51. The van der Waals surface area contributed by atoms with Crippen molar-refractivity contribution in [2.24, 2.45) is 0 Å². The molecular weight excluding hydrogens is 172 g/mol. The lowest BCUT2D eigenvalue weighted by atomic mass is 10.2. The SMILES string of the molecule is Cc1ccccc1[N+]12C=C[N@@+]1(C)[C@@H]2C. The molecule has 1 saturated heterocycles. The summed E-state index contributed by atoms with van der Waals surface area (Å²) in [4.78, 5) is 0. The van der Waals surface area contributed by atoms with Crippen molar-refractivity contribution in [3.8, 4) is 0 Å². The average Bonchev–Trinajstić information content (AvgIpc) is 2.48. The molecule has 72 valence electrons. The van der Waals surface area contributed by atoms with Crippen LogP contribution < -0.4 is 4.59 Å². The van der Waals surface area contributed by atoms with Gasteiger partial charge in [0.2, 0.25) is 12.4 Å². The monoisotopic (exact) mass is 188 g/mol. The maximum absolute atomic E-state index is 2.31. The number of rotatable bonds is 1. The lowest BCUT2D eigenvalue weighted by Gasteiger charge is -2.20. The zero-order chi connectivity index (χ0) is 9.97. The van der Waals surface area contributed by atoms with E-state index in [1.165, 1.54) is 11.3 Å². The molecular formula is C12H16N2+2. The molecule has 3 rings (SSSR count). The van der Waals surface area contributed by atoms with Gasteiger partial charge in [-0.3, -0.25) is 0 Å². The van der Waals surface area contributed by atoms with E-state index in [9.17, 15) is 0 Å². The Balaban J connectivity index is 2.15. The van der Waals surface area contributed by atoms with Crippen LogP contribution in [0.15, 0.2) is 36.7 Å². The molecule has 2 heterocycles. The maximum atomic E-state index is 2.31. The van der Waals surface area contributed by atoms with Crippen LogP contribution in [0.1, 0.15) is 12.5 Å². The van der Waals surface area contributed by atoms with Gasteiger partial charge < -0.3 is 0 Å². The fourth-order valence-electron chi connectivity index (χ4n) is 2.86. The highest BCUT2D eigenvalue weighted by Crippen LogP contribution is 2.57. The lowest BCUT2D eigenvalue weighted by Crippen LogP contribution is -2.41. The van der Waals surface area contributed by atoms with Gasteiger partial charge in [0.05, 0.1) is 6.92 Å². The molecule has 0 spiro atoms. The Hall–Kier alpha value is -1.12. The standard InChI is InChI=1S/C12H16N2/c1-10-6-4-5-7-12(10)14-9-8-13(14,3)11(14)2/h4-9,11H,1-3H3/q+2/t11-,13-,14?/m0/s1. The zero-order valence-electron chi connectivity index (χ0n) is 8.94. The zero-order valence-corrected chi connectivity index (χ0v) is 8.94. The number of aryl methyl sites for hydroxylation is 1. The maximum Gasteiger partial charge on any atom is 0.314 e. The number of hydrogen-bond acceptors (Lipinski definition) is 0. The minimum atomic E-state index is 0.663. The molecule has 0 bridgehead atoms. The van der Waals surface area contributed by atoms with E-state index in [1.807, 2.05) is 0 Å². The van der Waals surface area contributed by atoms with Gasteiger partial charge in [-0.2, -0.15) is 0 Å². The number of quaternary nitrogens is 2. The van der Waals surface area contributed by atoms with Crippen LogP contribution in [-0.4, -0.2) is 17.8 Å². The van der Waals surface area contributed by atoms with Gasteiger partial charge in [0.25, 0.3) is 0 Å². The van der Waals surface area contributed by atoms with Gasteiger partial charge in [0.1, 0.15) is 7.05 Å². The third kappa shape index (κ3) is 0.606. The van der Waals surface area contributed by atoms with Crippen molar-refractivity contribution in [3.05, 3.63) is 42.2 Å². The quantitative estimate of drug-likeness (QED) is 0.469. The van der Waals surface area contributed by atoms with Gasteiger partial charge in [-0.05, 0) is 11.5 Å². The smallest absolute Gasteiger partial charge is 0.0754 e. The summed E-state index contributed by atoms with van der Waals surface area (Å²) >= 11 is 0. The van der Waals surface area contributed by atoms with Crippen molar-refractivity contribution < 1.29 is 4.59 Å². The Morgan fingerprint density at radius 1 is 1.14 bits per heavy atom. The van der Waals surface area contributed by atoms with Crippen LogP contribution in [0.25, 0.3) is 0 Å². The van der Waals surface area contributed by atoms with Gasteiger partial charge in [-0.25, -0.2) is 0 Å². The Morgan fingerprint density at radius 3 is 2.29 bits per heavy atom. The molecule has 2 aliphatic rings. The summed E-state index contributed by atoms with van der Waals surface area (Å²) in [7, 11) is 2.29. The average molecular weight is 188 g/mol. The second-order valence-corrected chi connectivity index (χ2v) is 4.55. The van der Waals surface area contributed by atoms with Gasteiger partial charge in [-0.15, -0.1) is 0 Å². The first-order valence-electron chi connectivity index (χ1n) is 5.14. The van der Waals surface area contributed by atoms with Gasteiger partial charge >= 0.3 is 6.17 Å². The number of nitrogens with zero attached hydrogens (tertiary/aromatic N) is 2. The van der Waals surface area contributed by atoms with Crippen molar-refractivity contribution in [2.45, 2.75) is 20.0 Å². The Labute approximate surface area is 84.8 Å². The normalized spacial score (nSPS) is 42.9. The summed E-state index contributed by atoms with van der Waals surface area (Å²) < 4.78 is 2.07. The highest BCUT2D eigenvalue weighted by atomic mass is 16.1. The number of benzene rings is 1.